The average Bonchev–Trinajstić information content (AvgIpc) is 2.51. The highest BCUT2D eigenvalue weighted by atomic mass is 14.1. The van der Waals surface area contributed by atoms with Crippen LogP contribution in [0.1, 0.15) is 58.4 Å². The molecule has 0 heterocycles. The first kappa shape index (κ1) is 14.8. The van der Waals surface area contributed by atoms with E-state index in [2.05, 4.69) is 63.2 Å². The maximum Gasteiger partial charge on any atom is -0.0109 e. The molecule has 0 saturated carbocycles. The molecule has 0 spiro atoms. The number of fused-ring (bicyclic) bond motifs is 1. The molecule has 0 aliphatic rings. The third-order valence-corrected chi connectivity index (χ3v) is 4.15. The topological polar surface area (TPSA) is 0 Å². The molecule has 0 amide bonds. The van der Waals surface area contributed by atoms with Crippen molar-refractivity contribution in [1.82, 2.24) is 0 Å². The van der Waals surface area contributed by atoms with E-state index in [4.69, 9.17) is 0 Å². The molecular weight excluding hydrogens is 240 g/mol. The van der Waals surface area contributed by atoms with Gasteiger partial charge in [0.2, 0.25) is 0 Å². The van der Waals surface area contributed by atoms with Crippen molar-refractivity contribution in [2.45, 2.75) is 52.9 Å². The minimum absolute atomic E-state index is 1.13. The molecule has 0 heteroatoms. The van der Waals surface area contributed by atoms with Crippen LogP contribution < -0.4 is 0 Å². The summed E-state index contributed by atoms with van der Waals surface area (Å²) >= 11 is 0. The summed E-state index contributed by atoms with van der Waals surface area (Å²) in [5.74, 6) is 0. The molecule has 0 aromatic heterocycles. The average molecular weight is 266 g/mol. The summed E-state index contributed by atoms with van der Waals surface area (Å²) in [6.45, 7) is 6.86. The van der Waals surface area contributed by atoms with E-state index < -0.39 is 0 Å². The predicted octanol–water partition coefficient (Wildman–Crippen LogP) is 6.60. The summed E-state index contributed by atoms with van der Waals surface area (Å²) in [6.07, 6.45) is 6.13. The van der Waals surface area contributed by atoms with Gasteiger partial charge in [0.25, 0.3) is 0 Å². The van der Waals surface area contributed by atoms with E-state index >= 15 is 0 Å². The Bertz CT molecular complexity index is 585. The normalized spacial score (nSPS) is 12.6. The molecule has 0 radical (unpaired) electrons. The number of unbranched alkanes of at least 4 members (excludes halogenated alkanes) is 1. The van der Waals surface area contributed by atoms with Gasteiger partial charge in [0.05, 0.1) is 0 Å². The lowest BCUT2D eigenvalue weighted by Gasteiger charge is -2.15. The van der Waals surface area contributed by atoms with Crippen molar-refractivity contribution in [2.24, 2.45) is 0 Å². The van der Waals surface area contributed by atoms with Gasteiger partial charge in [-0.05, 0) is 47.6 Å². The molecule has 2 rings (SSSR count). The van der Waals surface area contributed by atoms with Gasteiger partial charge in [-0.2, -0.15) is 0 Å². The standard InChI is InChI=1S/C20H26/c1-4-7-11-16(5-2)18(6-3)20-15-10-13-17-12-8-9-14-19(17)20/h8-10,12-15H,4-7,11H2,1-3H3. The van der Waals surface area contributed by atoms with Crippen molar-refractivity contribution in [1.29, 1.82) is 0 Å². The fourth-order valence-corrected chi connectivity index (χ4v) is 3.05. The summed E-state index contributed by atoms with van der Waals surface area (Å²) in [5.41, 5.74) is 4.65. The Labute approximate surface area is 123 Å². The molecule has 0 saturated heterocycles. The third-order valence-electron chi connectivity index (χ3n) is 4.15. The Morgan fingerprint density at radius 1 is 0.850 bits per heavy atom. The van der Waals surface area contributed by atoms with Crippen LogP contribution in [-0.2, 0) is 0 Å². The Morgan fingerprint density at radius 2 is 1.60 bits per heavy atom. The van der Waals surface area contributed by atoms with Gasteiger partial charge in [-0.25, -0.2) is 0 Å². The molecular formula is C20H26. The Hall–Kier alpha value is -1.56. The van der Waals surface area contributed by atoms with Crippen molar-refractivity contribution in [2.75, 3.05) is 0 Å². The van der Waals surface area contributed by atoms with Crippen molar-refractivity contribution < 1.29 is 0 Å². The second kappa shape index (κ2) is 7.28. The van der Waals surface area contributed by atoms with Crippen molar-refractivity contribution in [3.8, 4) is 0 Å². The first-order chi connectivity index (χ1) is 9.81. The fourth-order valence-electron chi connectivity index (χ4n) is 3.05. The summed E-state index contributed by atoms with van der Waals surface area (Å²) < 4.78 is 0. The largest absolute Gasteiger partial charge is 0.0667 e. The van der Waals surface area contributed by atoms with Gasteiger partial charge in [0.15, 0.2) is 0 Å². The number of hydrogen-bond acceptors (Lipinski definition) is 0. The zero-order valence-corrected chi connectivity index (χ0v) is 13.1. The predicted molar refractivity (Wildman–Crippen MR) is 91.0 cm³/mol. The van der Waals surface area contributed by atoms with Gasteiger partial charge < -0.3 is 0 Å². The molecule has 0 aliphatic carbocycles. The van der Waals surface area contributed by atoms with Crippen molar-refractivity contribution >= 4 is 16.3 Å². The summed E-state index contributed by atoms with van der Waals surface area (Å²) in [7, 11) is 0. The van der Waals surface area contributed by atoms with E-state index in [9.17, 15) is 0 Å². The van der Waals surface area contributed by atoms with E-state index in [1.807, 2.05) is 0 Å². The smallest absolute Gasteiger partial charge is 0.0109 e. The highest BCUT2D eigenvalue weighted by Gasteiger charge is 2.09. The van der Waals surface area contributed by atoms with Crippen LogP contribution in [0, 0.1) is 0 Å². The third kappa shape index (κ3) is 3.12. The number of allylic oxidation sites excluding steroid dienone is 2. The Morgan fingerprint density at radius 3 is 2.30 bits per heavy atom. The van der Waals surface area contributed by atoms with Gasteiger partial charge in [-0.15, -0.1) is 0 Å². The van der Waals surface area contributed by atoms with Crippen LogP contribution in [-0.4, -0.2) is 0 Å². The second-order valence-corrected chi connectivity index (χ2v) is 5.42. The van der Waals surface area contributed by atoms with Crippen molar-refractivity contribution in [3.63, 3.8) is 0 Å². The molecule has 0 atom stereocenters. The molecule has 0 fully saturated rings. The molecule has 0 unspecified atom stereocenters. The van der Waals surface area contributed by atoms with E-state index in [-0.39, 0.29) is 0 Å². The van der Waals surface area contributed by atoms with E-state index in [0.717, 1.165) is 6.42 Å². The van der Waals surface area contributed by atoms with Gasteiger partial charge in [-0.3, -0.25) is 0 Å². The zero-order chi connectivity index (χ0) is 14.4. The van der Waals surface area contributed by atoms with Crippen LogP contribution in [0.15, 0.2) is 48.0 Å². The summed E-state index contributed by atoms with van der Waals surface area (Å²) in [6, 6.07) is 15.4. The first-order valence-corrected chi connectivity index (χ1v) is 8.00. The monoisotopic (exact) mass is 266 g/mol. The molecule has 2 aromatic rings. The van der Waals surface area contributed by atoms with E-state index in [1.165, 1.54) is 42.0 Å². The molecule has 2 aromatic carbocycles. The van der Waals surface area contributed by atoms with Crippen LogP contribution in [0.2, 0.25) is 0 Å². The van der Waals surface area contributed by atoms with Gasteiger partial charge >= 0.3 is 0 Å². The van der Waals surface area contributed by atoms with Crippen LogP contribution >= 0.6 is 0 Å². The molecule has 0 nitrogen and oxygen atoms in total. The number of rotatable bonds is 6. The molecule has 0 aliphatic heterocycles. The van der Waals surface area contributed by atoms with Gasteiger partial charge in [0, 0.05) is 0 Å². The van der Waals surface area contributed by atoms with Gasteiger partial charge in [0.1, 0.15) is 0 Å². The minimum atomic E-state index is 1.13. The molecule has 106 valence electrons. The molecule has 20 heavy (non-hydrogen) atoms. The van der Waals surface area contributed by atoms with Crippen LogP contribution in [0.25, 0.3) is 16.3 Å². The summed E-state index contributed by atoms with van der Waals surface area (Å²) in [4.78, 5) is 0. The SMILES string of the molecule is CCCCC(CC)=C(CC)c1cccc2ccccc12. The lowest BCUT2D eigenvalue weighted by molar-refractivity contribution is 0.765. The van der Waals surface area contributed by atoms with Crippen LogP contribution in [0.4, 0.5) is 0 Å². The van der Waals surface area contributed by atoms with E-state index in [0.29, 0.717) is 0 Å². The fraction of sp³-hybridized carbons (Fsp3) is 0.400. The first-order valence-electron chi connectivity index (χ1n) is 8.00. The highest BCUT2D eigenvalue weighted by molar-refractivity contribution is 5.94. The lowest BCUT2D eigenvalue weighted by Crippen LogP contribution is -1.93. The molecule has 0 N–H and O–H groups in total. The van der Waals surface area contributed by atoms with Crippen LogP contribution in [0.3, 0.4) is 0 Å². The molecule has 0 bridgehead atoms. The quantitative estimate of drug-likeness (QED) is 0.552. The number of benzene rings is 2. The highest BCUT2D eigenvalue weighted by Crippen LogP contribution is 2.32. The maximum atomic E-state index is 2.30. The van der Waals surface area contributed by atoms with E-state index in [1.54, 1.807) is 11.1 Å². The Kier molecular flexibility index (Phi) is 5.40. The zero-order valence-electron chi connectivity index (χ0n) is 13.1. The maximum absolute atomic E-state index is 2.30. The lowest BCUT2D eigenvalue weighted by atomic mass is 9.90. The van der Waals surface area contributed by atoms with Gasteiger partial charge in [-0.1, -0.05) is 75.2 Å². The second-order valence-electron chi connectivity index (χ2n) is 5.42. The van der Waals surface area contributed by atoms with Crippen LogP contribution in [0.5, 0.6) is 0 Å². The minimum Gasteiger partial charge on any atom is -0.0667 e. The number of hydrogen-bond donors (Lipinski definition) is 0. The summed E-state index contributed by atoms with van der Waals surface area (Å²) in [5, 5.41) is 2.75. The van der Waals surface area contributed by atoms with Crippen molar-refractivity contribution in [3.05, 3.63) is 53.6 Å². The Balaban J connectivity index is 2.56.